The fourth-order valence-corrected chi connectivity index (χ4v) is 2.51. The molecule has 0 aliphatic heterocycles. The summed E-state index contributed by atoms with van der Waals surface area (Å²) in [4.78, 5) is 0. The molecule has 2 nitrogen and oxygen atoms in total. The van der Waals surface area contributed by atoms with Gasteiger partial charge in [-0.3, -0.25) is 0 Å². The second-order valence-corrected chi connectivity index (χ2v) is 6.03. The zero-order valence-corrected chi connectivity index (χ0v) is 13.8. The smallest absolute Gasteiger partial charge is 0.161 e. The summed E-state index contributed by atoms with van der Waals surface area (Å²) >= 11 is 6.48. The first-order valence-electron chi connectivity index (χ1n) is 5.93. The number of benzene rings is 2. The molecular weight excluding hydrogens is 387 g/mol. The van der Waals surface area contributed by atoms with Crippen LogP contribution < -0.4 is 5.32 Å². The molecule has 0 fully saturated rings. The van der Waals surface area contributed by atoms with Gasteiger partial charge in [0.25, 0.3) is 0 Å². The summed E-state index contributed by atoms with van der Waals surface area (Å²) in [5.74, 6) is -0.451. The summed E-state index contributed by atoms with van der Waals surface area (Å²) < 4.78 is 15.3. The van der Waals surface area contributed by atoms with Crippen molar-refractivity contribution in [3.05, 3.63) is 62.3 Å². The maximum absolute atomic E-state index is 14.1. The maximum Gasteiger partial charge on any atom is 0.161 e. The van der Waals surface area contributed by atoms with Crippen LogP contribution in [-0.2, 0) is 0 Å². The molecule has 0 heterocycles. The Morgan fingerprint density at radius 2 is 1.80 bits per heavy atom. The summed E-state index contributed by atoms with van der Waals surface area (Å²) in [6.07, 6.45) is 0. The van der Waals surface area contributed by atoms with E-state index in [9.17, 15) is 4.39 Å². The lowest BCUT2D eigenvalue weighted by Gasteiger charge is -2.17. The zero-order valence-electron chi connectivity index (χ0n) is 10.6. The Labute approximate surface area is 133 Å². The standard InChI is InChI=1S/C15H11Br2FN2/c1-9(10-2-5-12(16)6-3-10)20-13-7-4-11(8-19)14(17)15(13)18/h2-7,9,20H,1H3. The Balaban J connectivity index is 2.24. The molecule has 0 aliphatic rings. The van der Waals surface area contributed by atoms with Gasteiger partial charge in [0.2, 0.25) is 0 Å². The molecule has 0 radical (unpaired) electrons. The molecule has 1 unspecified atom stereocenters. The van der Waals surface area contributed by atoms with E-state index in [2.05, 4.69) is 37.2 Å². The van der Waals surface area contributed by atoms with Crippen molar-refractivity contribution in [2.24, 2.45) is 0 Å². The molecule has 0 spiro atoms. The summed E-state index contributed by atoms with van der Waals surface area (Å²) in [7, 11) is 0. The first kappa shape index (κ1) is 15.0. The van der Waals surface area contributed by atoms with Gasteiger partial charge in [-0.2, -0.15) is 5.26 Å². The average molecular weight is 398 g/mol. The first-order valence-corrected chi connectivity index (χ1v) is 7.51. The van der Waals surface area contributed by atoms with E-state index >= 15 is 0 Å². The van der Waals surface area contributed by atoms with E-state index in [0.717, 1.165) is 10.0 Å². The van der Waals surface area contributed by atoms with E-state index in [-0.39, 0.29) is 16.1 Å². The zero-order chi connectivity index (χ0) is 14.7. The van der Waals surface area contributed by atoms with Crippen LogP contribution in [0.4, 0.5) is 10.1 Å². The lowest BCUT2D eigenvalue weighted by molar-refractivity contribution is 0.620. The van der Waals surface area contributed by atoms with Crippen LogP contribution in [0.1, 0.15) is 24.1 Å². The molecular formula is C15H11Br2FN2. The number of hydrogen-bond donors (Lipinski definition) is 1. The molecule has 5 heteroatoms. The van der Waals surface area contributed by atoms with Gasteiger partial charge >= 0.3 is 0 Å². The molecule has 0 saturated carbocycles. The van der Waals surface area contributed by atoms with Crippen LogP contribution in [0.15, 0.2) is 45.3 Å². The van der Waals surface area contributed by atoms with Crippen molar-refractivity contribution in [3.63, 3.8) is 0 Å². The number of halogens is 3. The van der Waals surface area contributed by atoms with E-state index in [4.69, 9.17) is 5.26 Å². The van der Waals surface area contributed by atoms with Crippen molar-refractivity contribution in [3.8, 4) is 6.07 Å². The normalized spacial score (nSPS) is 11.8. The molecule has 0 bridgehead atoms. The second-order valence-electron chi connectivity index (χ2n) is 4.32. The molecule has 102 valence electrons. The van der Waals surface area contributed by atoms with Gasteiger partial charge in [0, 0.05) is 10.5 Å². The summed E-state index contributed by atoms with van der Waals surface area (Å²) in [6, 6.07) is 12.9. The van der Waals surface area contributed by atoms with Gasteiger partial charge in [0.1, 0.15) is 6.07 Å². The molecule has 0 amide bonds. The summed E-state index contributed by atoms with van der Waals surface area (Å²) in [6.45, 7) is 1.95. The van der Waals surface area contributed by atoms with Crippen LogP contribution in [0.2, 0.25) is 0 Å². The Morgan fingerprint density at radius 3 is 2.40 bits per heavy atom. The molecule has 2 rings (SSSR count). The monoisotopic (exact) mass is 396 g/mol. The Morgan fingerprint density at radius 1 is 1.15 bits per heavy atom. The largest absolute Gasteiger partial charge is 0.376 e. The molecule has 2 aromatic carbocycles. The molecule has 2 aromatic rings. The van der Waals surface area contributed by atoms with E-state index in [1.807, 2.05) is 37.3 Å². The van der Waals surface area contributed by atoms with Gasteiger partial charge in [0.15, 0.2) is 5.82 Å². The van der Waals surface area contributed by atoms with Gasteiger partial charge < -0.3 is 5.32 Å². The Kier molecular flexibility index (Phi) is 4.79. The van der Waals surface area contributed by atoms with E-state index in [0.29, 0.717) is 5.69 Å². The number of hydrogen-bond acceptors (Lipinski definition) is 2. The first-order chi connectivity index (χ1) is 9.52. The van der Waals surface area contributed by atoms with Gasteiger partial charge in [-0.05, 0) is 52.7 Å². The van der Waals surface area contributed by atoms with Crippen LogP contribution in [0.5, 0.6) is 0 Å². The van der Waals surface area contributed by atoms with Crippen molar-refractivity contribution in [1.29, 1.82) is 5.26 Å². The van der Waals surface area contributed by atoms with Crippen LogP contribution in [-0.4, -0.2) is 0 Å². The van der Waals surface area contributed by atoms with Gasteiger partial charge in [0.05, 0.1) is 15.7 Å². The third-order valence-corrected chi connectivity index (χ3v) is 4.25. The summed E-state index contributed by atoms with van der Waals surface area (Å²) in [5.41, 5.74) is 1.70. The van der Waals surface area contributed by atoms with E-state index in [1.165, 1.54) is 0 Å². The predicted molar refractivity (Wildman–Crippen MR) is 85.0 cm³/mol. The van der Waals surface area contributed by atoms with Crippen LogP contribution in [0, 0.1) is 17.1 Å². The topological polar surface area (TPSA) is 35.8 Å². The molecule has 0 aliphatic carbocycles. The molecule has 0 saturated heterocycles. The fraction of sp³-hybridized carbons (Fsp3) is 0.133. The number of nitrogens with one attached hydrogen (secondary N) is 1. The van der Waals surface area contributed by atoms with Crippen molar-refractivity contribution in [2.45, 2.75) is 13.0 Å². The minimum atomic E-state index is -0.451. The number of nitriles is 1. The second kappa shape index (κ2) is 6.38. The number of anilines is 1. The highest BCUT2D eigenvalue weighted by Gasteiger charge is 2.13. The highest BCUT2D eigenvalue weighted by molar-refractivity contribution is 9.10. The number of rotatable bonds is 3. The lowest BCUT2D eigenvalue weighted by Crippen LogP contribution is -2.08. The lowest BCUT2D eigenvalue weighted by atomic mass is 10.1. The van der Waals surface area contributed by atoms with Crippen LogP contribution in [0.3, 0.4) is 0 Å². The molecule has 1 atom stereocenters. The number of nitrogens with zero attached hydrogens (tertiary/aromatic N) is 1. The maximum atomic E-state index is 14.1. The Hall–Kier alpha value is -1.38. The van der Waals surface area contributed by atoms with E-state index < -0.39 is 5.82 Å². The molecule has 20 heavy (non-hydrogen) atoms. The third-order valence-electron chi connectivity index (χ3n) is 2.94. The molecule has 0 aromatic heterocycles. The SMILES string of the molecule is CC(Nc1ccc(C#N)c(Br)c1F)c1ccc(Br)cc1. The highest BCUT2D eigenvalue weighted by Crippen LogP contribution is 2.29. The van der Waals surface area contributed by atoms with Crippen LogP contribution >= 0.6 is 31.9 Å². The quantitative estimate of drug-likeness (QED) is 0.752. The van der Waals surface area contributed by atoms with Crippen molar-refractivity contribution in [1.82, 2.24) is 0 Å². The predicted octanol–water partition coefficient (Wildman–Crippen LogP) is 5.40. The van der Waals surface area contributed by atoms with Crippen molar-refractivity contribution >= 4 is 37.5 Å². The average Bonchev–Trinajstić information content (AvgIpc) is 2.45. The van der Waals surface area contributed by atoms with Crippen molar-refractivity contribution < 1.29 is 4.39 Å². The Bertz CT molecular complexity index is 663. The van der Waals surface area contributed by atoms with E-state index in [1.54, 1.807) is 12.1 Å². The minimum absolute atomic E-state index is 0.0440. The summed E-state index contributed by atoms with van der Waals surface area (Å²) in [5, 5.41) is 12.0. The van der Waals surface area contributed by atoms with Gasteiger partial charge in [-0.1, -0.05) is 28.1 Å². The van der Waals surface area contributed by atoms with Gasteiger partial charge in [-0.15, -0.1) is 0 Å². The fourth-order valence-electron chi connectivity index (χ4n) is 1.82. The van der Waals surface area contributed by atoms with Crippen molar-refractivity contribution in [2.75, 3.05) is 5.32 Å². The van der Waals surface area contributed by atoms with Gasteiger partial charge in [-0.25, -0.2) is 4.39 Å². The minimum Gasteiger partial charge on any atom is -0.376 e. The molecule has 1 N–H and O–H groups in total. The highest BCUT2D eigenvalue weighted by atomic mass is 79.9. The van der Waals surface area contributed by atoms with Crippen LogP contribution in [0.25, 0.3) is 0 Å². The third kappa shape index (κ3) is 3.20.